The van der Waals surface area contributed by atoms with Gasteiger partial charge in [-0.05, 0) is 60.9 Å². The second kappa shape index (κ2) is 9.33. The van der Waals surface area contributed by atoms with Crippen LogP contribution in [0.4, 0.5) is 5.69 Å². The molecule has 2 aromatic carbocycles. The molecule has 2 aliphatic carbocycles. The van der Waals surface area contributed by atoms with E-state index in [-0.39, 0.29) is 41.9 Å². The van der Waals surface area contributed by atoms with Crippen LogP contribution in [0.5, 0.6) is 0 Å². The monoisotopic (exact) mass is 524 g/mol. The number of likely N-dealkylation sites (tertiary alicyclic amines) is 1. The summed E-state index contributed by atoms with van der Waals surface area (Å²) in [4.78, 5) is 53.3. The standard InChI is InChI=1S/C26H25BrN2O5/c27-18-8-10-19(11-9-18)28-21(30)14-34-26(33)20(12-15-4-2-1-3-5-15)29-24(31)22-16-6-7-17(13-16)23(22)25(29)32/h1-5,8-11,16-17,20,22-23H,6-7,12-14H2,(H,28,30)/t16-,17-,20+,22-,23+/m0/s1. The number of amides is 3. The number of carbonyl (C=O) groups is 4. The van der Waals surface area contributed by atoms with Crippen LogP contribution in [-0.4, -0.2) is 41.2 Å². The molecule has 1 aliphatic heterocycles. The van der Waals surface area contributed by atoms with Crippen LogP contribution in [0.15, 0.2) is 59.1 Å². The Labute approximate surface area is 206 Å². The average Bonchev–Trinajstić information content (AvgIpc) is 3.52. The number of halogens is 1. The van der Waals surface area contributed by atoms with Gasteiger partial charge in [-0.1, -0.05) is 46.3 Å². The van der Waals surface area contributed by atoms with Gasteiger partial charge >= 0.3 is 5.97 Å². The number of fused-ring (bicyclic) bond motifs is 5. The van der Waals surface area contributed by atoms with Gasteiger partial charge in [0.1, 0.15) is 6.04 Å². The second-order valence-corrected chi connectivity index (χ2v) is 10.2. The first-order chi connectivity index (χ1) is 16.4. The van der Waals surface area contributed by atoms with Gasteiger partial charge in [-0.25, -0.2) is 4.79 Å². The highest BCUT2D eigenvalue weighted by Crippen LogP contribution is 2.56. The molecule has 1 N–H and O–H groups in total. The van der Waals surface area contributed by atoms with Crippen LogP contribution in [0.2, 0.25) is 0 Å². The van der Waals surface area contributed by atoms with Crippen molar-refractivity contribution in [2.24, 2.45) is 23.7 Å². The Morgan fingerprint density at radius 3 is 2.21 bits per heavy atom. The molecule has 34 heavy (non-hydrogen) atoms. The van der Waals surface area contributed by atoms with E-state index in [0.29, 0.717) is 5.69 Å². The summed E-state index contributed by atoms with van der Waals surface area (Å²) in [6, 6.07) is 15.1. The summed E-state index contributed by atoms with van der Waals surface area (Å²) < 4.78 is 6.20. The van der Waals surface area contributed by atoms with Gasteiger partial charge in [0.2, 0.25) is 11.8 Å². The SMILES string of the molecule is O=C(COC(=O)[C@@H](Cc1ccccc1)N1C(=O)[C@@H]2[C@H]3CC[C@@H](C3)[C@@H]2C1=O)Nc1ccc(Br)cc1. The number of hydrogen-bond donors (Lipinski definition) is 1. The summed E-state index contributed by atoms with van der Waals surface area (Å²) >= 11 is 3.33. The topological polar surface area (TPSA) is 92.8 Å². The predicted molar refractivity (Wildman–Crippen MR) is 127 cm³/mol. The lowest BCUT2D eigenvalue weighted by atomic mass is 9.81. The molecule has 3 aliphatic rings. The Hall–Kier alpha value is -3.00. The predicted octanol–water partition coefficient (Wildman–Crippen LogP) is 3.57. The normalized spacial score (nSPS) is 25.9. The quantitative estimate of drug-likeness (QED) is 0.441. The second-order valence-electron chi connectivity index (χ2n) is 9.30. The van der Waals surface area contributed by atoms with Crippen molar-refractivity contribution in [2.75, 3.05) is 11.9 Å². The molecule has 2 aromatic rings. The molecule has 0 radical (unpaired) electrons. The van der Waals surface area contributed by atoms with Crippen LogP contribution in [-0.2, 0) is 30.3 Å². The van der Waals surface area contributed by atoms with Gasteiger partial charge in [0.05, 0.1) is 11.8 Å². The molecular weight excluding hydrogens is 500 g/mol. The van der Waals surface area contributed by atoms with E-state index in [1.807, 2.05) is 30.3 Å². The lowest BCUT2D eigenvalue weighted by molar-refractivity contribution is -0.160. The molecule has 8 heteroatoms. The Bertz CT molecular complexity index is 1090. The molecule has 0 unspecified atom stereocenters. The number of esters is 1. The number of imide groups is 1. The maximum absolute atomic E-state index is 13.3. The van der Waals surface area contributed by atoms with E-state index < -0.39 is 24.5 Å². The minimum Gasteiger partial charge on any atom is -0.454 e. The third-order valence-electron chi connectivity index (χ3n) is 7.29. The number of rotatable bonds is 7. The Morgan fingerprint density at radius 2 is 1.59 bits per heavy atom. The number of anilines is 1. The molecule has 176 valence electrons. The zero-order valence-electron chi connectivity index (χ0n) is 18.5. The van der Waals surface area contributed by atoms with Crippen LogP contribution in [0, 0.1) is 23.7 Å². The maximum atomic E-state index is 13.3. The molecule has 2 saturated carbocycles. The first-order valence-corrected chi connectivity index (χ1v) is 12.3. The molecule has 1 heterocycles. The van der Waals surface area contributed by atoms with E-state index in [0.717, 1.165) is 34.2 Å². The van der Waals surface area contributed by atoms with Crippen molar-refractivity contribution in [3.63, 3.8) is 0 Å². The van der Waals surface area contributed by atoms with Crippen LogP contribution in [0.1, 0.15) is 24.8 Å². The van der Waals surface area contributed by atoms with E-state index in [4.69, 9.17) is 4.74 Å². The molecule has 5 rings (SSSR count). The van der Waals surface area contributed by atoms with Crippen molar-refractivity contribution < 1.29 is 23.9 Å². The highest BCUT2D eigenvalue weighted by molar-refractivity contribution is 9.10. The summed E-state index contributed by atoms with van der Waals surface area (Å²) in [6.07, 6.45) is 3.00. The third kappa shape index (κ3) is 4.27. The summed E-state index contributed by atoms with van der Waals surface area (Å²) in [5, 5.41) is 2.67. The summed E-state index contributed by atoms with van der Waals surface area (Å²) in [7, 11) is 0. The van der Waals surface area contributed by atoms with Crippen molar-refractivity contribution in [2.45, 2.75) is 31.7 Å². The van der Waals surface area contributed by atoms with E-state index in [2.05, 4.69) is 21.2 Å². The van der Waals surface area contributed by atoms with Gasteiger partial charge in [0.25, 0.3) is 5.91 Å². The number of nitrogens with zero attached hydrogens (tertiary/aromatic N) is 1. The highest BCUT2D eigenvalue weighted by Gasteiger charge is 2.62. The Balaban J connectivity index is 1.31. The van der Waals surface area contributed by atoms with Gasteiger partial charge in [-0.2, -0.15) is 0 Å². The van der Waals surface area contributed by atoms with E-state index in [9.17, 15) is 19.2 Å². The average molecular weight is 525 g/mol. The number of benzene rings is 2. The fourth-order valence-corrected chi connectivity index (χ4v) is 6.08. The van der Waals surface area contributed by atoms with Crippen molar-refractivity contribution in [1.82, 2.24) is 4.90 Å². The van der Waals surface area contributed by atoms with Gasteiger partial charge in [0.15, 0.2) is 6.61 Å². The minimum absolute atomic E-state index is 0.153. The number of nitrogens with one attached hydrogen (secondary N) is 1. The molecule has 3 fully saturated rings. The smallest absolute Gasteiger partial charge is 0.330 e. The maximum Gasteiger partial charge on any atom is 0.330 e. The summed E-state index contributed by atoms with van der Waals surface area (Å²) in [5.41, 5.74) is 1.38. The lowest BCUT2D eigenvalue weighted by Crippen LogP contribution is -2.48. The minimum atomic E-state index is -1.09. The van der Waals surface area contributed by atoms with Crippen LogP contribution in [0.25, 0.3) is 0 Å². The fourth-order valence-electron chi connectivity index (χ4n) is 5.82. The van der Waals surface area contributed by atoms with E-state index in [1.54, 1.807) is 24.3 Å². The molecular formula is C26H25BrN2O5. The zero-order valence-corrected chi connectivity index (χ0v) is 20.1. The highest BCUT2D eigenvalue weighted by atomic mass is 79.9. The fraction of sp³-hybridized carbons (Fsp3) is 0.385. The Morgan fingerprint density at radius 1 is 0.971 bits per heavy atom. The third-order valence-corrected chi connectivity index (χ3v) is 7.82. The summed E-state index contributed by atoms with van der Waals surface area (Å²) in [5.74, 6) is -1.97. The largest absolute Gasteiger partial charge is 0.454 e. The molecule has 0 spiro atoms. The molecule has 0 aromatic heterocycles. The van der Waals surface area contributed by atoms with Crippen LogP contribution >= 0.6 is 15.9 Å². The summed E-state index contributed by atoms with van der Waals surface area (Å²) in [6.45, 7) is -0.505. The Kier molecular flexibility index (Phi) is 6.25. The van der Waals surface area contributed by atoms with Crippen molar-refractivity contribution >= 4 is 45.3 Å². The van der Waals surface area contributed by atoms with Gasteiger partial charge in [-0.3, -0.25) is 19.3 Å². The number of carbonyl (C=O) groups excluding carboxylic acids is 4. The van der Waals surface area contributed by atoms with Gasteiger partial charge < -0.3 is 10.1 Å². The number of hydrogen-bond acceptors (Lipinski definition) is 5. The van der Waals surface area contributed by atoms with E-state index >= 15 is 0 Å². The number of ether oxygens (including phenoxy) is 1. The van der Waals surface area contributed by atoms with Gasteiger partial charge in [-0.15, -0.1) is 0 Å². The van der Waals surface area contributed by atoms with E-state index in [1.165, 1.54) is 0 Å². The van der Waals surface area contributed by atoms with Crippen molar-refractivity contribution in [1.29, 1.82) is 0 Å². The molecule has 5 atom stereocenters. The zero-order chi connectivity index (χ0) is 23.8. The van der Waals surface area contributed by atoms with Crippen LogP contribution < -0.4 is 5.32 Å². The van der Waals surface area contributed by atoms with Crippen LogP contribution in [0.3, 0.4) is 0 Å². The first kappa shape index (κ1) is 22.8. The molecule has 7 nitrogen and oxygen atoms in total. The van der Waals surface area contributed by atoms with Crippen molar-refractivity contribution in [3.8, 4) is 0 Å². The molecule has 1 saturated heterocycles. The first-order valence-electron chi connectivity index (χ1n) is 11.6. The molecule has 2 bridgehead atoms. The van der Waals surface area contributed by atoms with Crippen molar-refractivity contribution in [3.05, 3.63) is 64.6 Å². The molecule has 3 amide bonds. The lowest BCUT2D eigenvalue weighted by Gasteiger charge is -2.26. The van der Waals surface area contributed by atoms with Gasteiger partial charge in [0, 0.05) is 16.6 Å².